The summed E-state index contributed by atoms with van der Waals surface area (Å²) < 4.78 is 8.74. The van der Waals surface area contributed by atoms with Gasteiger partial charge < -0.3 is 14.8 Å². The molecule has 0 bridgehead atoms. The molecular formula is C3H8ClN2O3P. The normalized spacial score (nSPS) is 7.50. The topological polar surface area (TPSA) is 86.2 Å². The number of aromatic nitrogens is 2. The van der Waals surface area contributed by atoms with Crippen molar-refractivity contribution in [2.75, 3.05) is 0 Å². The first kappa shape index (κ1) is 12.3. The van der Waals surface area contributed by atoms with Gasteiger partial charge in [-0.05, 0) is 0 Å². The van der Waals surface area contributed by atoms with E-state index in [1.165, 1.54) is 0 Å². The van der Waals surface area contributed by atoms with Gasteiger partial charge in [0.1, 0.15) is 0 Å². The maximum absolute atomic E-state index is 8.74. The molecule has 0 fully saturated rings. The molecule has 60 valence electrons. The first-order valence-electron chi connectivity index (χ1n) is 2.08. The van der Waals surface area contributed by atoms with Gasteiger partial charge in [0.2, 0.25) is 0 Å². The van der Waals surface area contributed by atoms with Crippen LogP contribution in [0.4, 0.5) is 0 Å². The third-order valence-corrected chi connectivity index (χ3v) is 0.406. The molecule has 0 aliphatic carbocycles. The summed E-state index contributed by atoms with van der Waals surface area (Å²) in [4.78, 5) is 20.7. The Balaban J connectivity index is 0. The lowest BCUT2D eigenvalue weighted by atomic mass is 11.0. The second kappa shape index (κ2) is 8.65. The molecule has 0 saturated heterocycles. The molecule has 1 heterocycles. The van der Waals surface area contributed by atoms with Crippen LogP contribution in [0.15, 0.2) is 18.7 Å². The van der Waals surface area contributed by atoms with Crippen molar-refractivity contribution in [1.29, 1.82) is 0 Å². The van der Waals surface area contributed by atoms with Crippen LogP contribution >= 0.6 is 20.7 Å². The Morgan fingerprint density at radius 1 is 1.50 bits per heavy atom. The van der Waals surface area contributed by atoms with Gasteiger partial charge in [0.05, 0.1) is 6.33 Å². The molecule has 1 aromatic heterocycles. The maximum Gasteiger partial charge on any atom is 0.314 e. The Hall–Kier alpha value is -0.350. The highest BCUT2D eigenvalue weighted by molar-refractivity contribution is 7.30. The van der Waals surface area contributed by atoms with Crippen molar-refractivity contribution < 1.29 is 14.4 Å². The van der Waals surface area contributed by atoms with Crippen molar-refractivity contribution in [3.05, 3.63) is 18.7 Å². The zero-order valence-electron chi connectivity index (χ0n) is 4.89. The molecule has 10 heavy (non-hydrogen) atoms. The van der Waals surface area contributed by atoms with Gasteiger partial charge in [-0.3, -0.25) is 4.57 Å². The summed E-state index contributed by atoms with van der Waals surface area (Å²) in [7, 11) is -3.13. The average Bonchev–Trinajstić information content (AvgIpc) is 2.11. The van der Waals surface area contributed by atoms with Crippen LogP contribution in [0, 0.1) is 0 Å². The second-order valence-corrected chi connectivity index (χ2v) is 1.61. The van der Waals surface area contributed by atoms with Crippen LogP contribution in [-0.2, 0) is 4.57 Å². The van der Waals surface area contributed by atoms with E-state index in [-0.39, 0.29) is 12.4 Å². The van der Waals surface area contributed by atoms with Crippen LogP contribution in [0.5, 0.6) is 0 Å². The van der Waals surface area contributed by atoms with E-state index >= 15 is 0 Å². The van der Waals surface area contributed by atoms with Gasteiger partial charge in [0.25, 0.3) is 0 Å². The molecule has 0 radical (unpaired) electrons. The van der Waals surface area contributed by atoms with E-state index in [9.17, 15) is 0 Å². The summed E-state index contributed by atoms with van der Waals surface area (Å²) in [5.41, 5.74) is 0. The number of nitrogens with one attached hydrogen (secondary N) is 1. The first-order valence-corrected chi connectivity index (χ1v) is 3.38. The van der Waals surface area contributed by atoms with E-state index in [1.54, 1.807) is 18.7 Å². The zero-order valence-corrected chi connectivity index (χ0v) is 6.71. The Morgan fingerprint density at radius 2 is 2.00 bits per heavy atom. The molecule has 0 saturated carbocycles. The van der Waals surface area contributed by atoms with Crippen LogP contribution in [-0.4, -0.2) is 19.8 Å². The molecule has 7 heteroatoms. The maximum atomic E-state index is 8.74. The standard InChI is InChI=1S/C3H4N2.ClH.H3O3P/c1-2-5-3-4-1;;1-4(2)3/h1-3H,(H,4,5);1H;4H,(H2,1,2,3). The van der Waals surface area contributed by atoms with Crippen LogP contribution in [0.3, 0.4) is 0 Å². The lowest BCUT2D eigenvalue weighted by molar-refractivity contribution is 0.405. The zero-order chi connectivity index (χ0) is 7.11. The summed E-state index contributed by atoms with van der Waals surface area (Å²) in [5.74, 6) is 0. The van der Waals surface area contributed by atoms with Gasteiger partial charge in [-0.25, -0.2) is 4.98 Å². The molecular weight excluding hydrogens is 178 g/mol. The number of nitrogens with zero attached hydrogens (tertiary/aromatic N) is 1. The predicted octanol–water partition coefficient (Wildman–Crippen LogP) is 0.192. The van der Waals surface area contributed by atoms with Gasteiger partial charge in [0, 0.05) is 12.4 Å². The number of imidazole rings is 1. The predicted molar refractivity (Wildman–Crippen MR) is 39.3 cm³/mol. The fourth-order valence-electron chi connectivity index (χ4n) is 0.215. The van der Waals surface area contributed by atoms with Gasteiger partial charge in [-0.15, -0.1) is 12.4 Å². The fourth-order valence-corrected chi connectivity index (χ4v) is 0.215. The highest BCUT2D eigenvalue weighted by Gasteiger charge is 1.61. The van der Waals surface area contributed by atoms with E-state index in [0.29, 0.717) is 0 Å². The third-order valence-electron chi connectivity index (χ3n) is 0.406. The molecule has 0 aliphatic heterocycles. The quantitative estimate of drug-likeness (QED) is 0.505. The Kier molecular flexibility index (Phi) is 10.7. The summed E-state index contributed by atoms with van der Waals surface area (Å²) >= 11 is 0. The van der Waals surface area contributed by atoms with Crippen molar-refractivity contribution in [2.45, 2.75) is 0 Å². The molecule has 3 N–H and O–H groups in total. The van der Waals surface area contributed by atoms with Gasteiger partial charge in [0.15, 0.2) is 0 Å². The molecule has 0 spiro atoms. The molecule has 0 aromatic carbocycles. The monoisotopic (exact) mass is 186 g/mol. The molecule has 5 nitrogen and oxygen atoms in total. The van der Waals surface area contributed by atoms with Crippen molar-refractivity contribution in [3.8, 4) is 0 Å². The highest BCUT2D eigenvalue weighted by Crippen LogP contribution is 1.98. The fraction of sp³-hybridized carbons (Fsp3) is 0. The molecule has 1 aromatic rings. The van der Waals surface area contributed by atoms with Crippen LogP contribution < -0.4 is 0 Å². The van der Waals surface area contributed by atoms with Crippen LogP contribution in [0.1, 0.15) is 0 Å². The number of H-pyrrole nitrogens is 1. The van der Waals surface area contributed by atoms with Gasteiger partial charge in [-0.1, -0.05) is 0 Å². The largest absolute Gasteiger partial charge is 0.351 e. The molecule has 0 unspecified atom stereocenters. The second-order valence-electron chi connectivity index (χ2n) is 1.04. The summed E-state index contributed by atoms with van der Waals surface area (Å²) in [5, 5.41) is 0. The minimum Gasteiger partial charge on any atom is -0.351 e. The molecule has 1 rings (SSSR count). The van der Waals surface area contributed by atoms with E-state index in [0.717, 1.165) is 0 Å². The Morgan fingerprint density at radius 3 is 2.10 bits per heavy atom. The summed E-state index contributed by atoms with van der Waals surface area (Å²) in [6, 6.07) is 0. The lowest BCUT2D eigenvalue weighted by Gasteiger charge is -1.61. The SMILES string of the molecule is Cl.O=[PH](O)O.c1c[nH]cn1. The van der Waals surface area contributed by atoms with E-state index < -0.39 is 8.25 Å². The van der Waals surface area contributed by atoms with Crippen LogP contribution in [0.2, 0.25) is 0 Å². The average molecular weight is 187 g/mol. The van der Waals surface area contributed by atoms with Crippen LogP contribution in [0.25, 0.3) is 0 Å². The van der Waals surface area contributed by atoms with Crippen molar-refractivity contribution in [3.63, 3.8) is 0 Å². The summed E-state index contributed by atoms with van der Waals surface area (Å²) in [6.07, 6.45) is 5.08. The van der Waals surface area contributed by atoms with E-state index in [1.807, 2.05) is 0 Å². The number of hydrogen-bond donors (Lipinski definition) is 3. The molecule has 0 amide bonds. The lowest BCUT2D eigenvalue weighted by Crippen LogP contribution is -1.44. The van der Waals surface area contributed by atoms with Crippen molar-refractivity contribution >= 4 is 20.7 Å². The van der Waals surface area contributed by atoms with Gasteiger partial charge >= 0.3 is 8.25 Å². The number of halogens is 1. The first-order chi connectivity index (χ1) is 4.23. The summed E-state index contributed by atoms with van der Waals surface area (Å²) in [6.45, 7) is 0. The van der Waals surface area contributed by atoms with E-state index in [4.69, 9.17) is 14.4 Å². The number of hydrogen-bond acceptors (Lipinski definition) is 2. The number of aromatic amines is 1. The highest BCUT2D eigenvalue weighted by atomic mass is 35.5. The minimum absolute atomic E-state index is 0. The van der Waals surface area contributed by atoms with Crippen molar-refractivity contribution in [2.24, 2.45) is 0 Å². The third kappa shape index (κ3) is 15.6. The Bertz CT molecular complexity index is 136. The Labute approximate surface area is 64.5 Å². The molecule has 0 atom stereocenters. The van der Waals surface area contributed by atoms with Gasteiger partial charge in [-0.2, -0.15) is 0 Å². The minimum atomic E-state index is -3.13. The smallest absolute Gasteiger partial charge is 0.314 e. The van der Waals surface area contributed by atoms with Crippen molar-refractivity contribution in [1.82, 2.24) is 9.97 Å². The van der Waals surface area contributed by atoms with E-state index in [2.05, 4.69) is 9.97 Å². The molecule has 0 aliphatic rings. The number of rotatable bonds is 0.